The van der Waals surface area contributed by atoms with Crippen molar-refractivity contribution >= 4 is 5.91 Å². The van der Waals surface area contributed by atoms with Crippen LogP contribution in [0.3, 0.4) is 0 Å². The number of nitrogens with zero attached hydrogens (tertiary/aromatic N) is 2. The van der Waals surface area contributed by atoms with Crippen LogP contribution in [0.1, 0.15) is 30.0 Å². The van der Waals surface area contributed by atoms with E-state index in [1.54, 1.807) is 13.2 Å². The normalized spacial score (nSPS) is 16.5. The lowest BCUT2D eigenvalue weighted by molar-refractivity contribution is 0.0714. The second kappa shape index (κ2) is 7.42. The van der Waals surface area contributed by atoms with Gasteiger partial charge in [0.25, 0.3) is 5.91 Å². The highest BCUT2D eigenvalue weighted by atomic mass is 16.5. The summed E-state index contributed by atoms with van der Waals surface area (Å²) in [4.78, 5) is 14.5. The van der Waals surface area contributed by atoms with E-state index in [0.717, 1.165) is 5.69 Å². The maximum atomic E-state index is 12.7. The Kier molecular flexibility index (Phi) is 5.07. The summed E-state index contributed by atoms with van der Waals surface area (Å²) in [5, 5.41) is 7.03. The Bertz CT molecular complexity index is 767. The molecule has 0 radical (unpaired) electrons. The van der Waals surface area contributed by atoms with Gasteiger partial charge in [-0.2, -0.15) is 5.10 Å². The Morgan fingerprint density at radius 1 is 1.36 bits per heavy atom. The van der Waals surface area contributed by atoms with Crippen molar-refractivity contribution in [2.75, 3.05) is 13.7 Å². The minimum atomic E-state index is -0.0662. The molecule has 2 aromatic rings. The van der Waals surface area contributed by atoms with Crippen LogP contribution in [0.25, 0.3) is 0 Å². The lowest BCUT2D eigenvalue weighted by Crippen LogP contribution is -2.39. The lowest BCUT2D eigenvalue weighted by atomic mass is 10.0. The molecule has 0 spiro atoms. The first-order valence-corrected chi connectivity index (χ1v) is 8.38. The van der Waals surface area contributed by atoms with Gasteiger partial charge >= 0.3 is 0 Å². The second-order valence-corrected chi connectivity index (χ2v) is 6.34. The number of para-hydroxylation sites is 2. The number of aromatic amines is 1. The van der Waals surface area contributed by atoms with Gasteiger partial charge in [-0.15, -0.1) is 0 Å². The van der Waals surface area contributed by atoms with Crippen LogP contribution in [-0.2, 0) is 6.61 Å². The fourth-order valence-corrected chi connectivity index (χ4v) is 2.93. The van der Waals surface area contributed by atoms with E-state index >= 15 is 0 Å². The SMILES string of the molecule is COc1ccccc1OCc1cc(C(=O)N2CC=CC2C(C)C)n[nH]1. The van der Waals surface area contributed by atoms with Crippen LogP contribution < -0.4 is 9.47 Å². The number of H-pyrrole nitrogens is 1. The fraction of sp³-hybridized carbons (Fsp3) is 0.368. The van der Waals surface area contributed by atoms with Gasteiger partial charge in [0.2, 0.25) is 0 Å². The van der Waals surface area contributed by atoms with Crippen LogP contribution in [0.5, 0.6) is 11.5 Å². The van der Waals surface area contributed by atoms with Gasteiger partial charge in [0, 0.05) is 6.54 Å². The van der Waals surface area contributed by atoms with Crippen molar-refractivity contribution < 1.29 is 14.3 Å². The fourth-order valence-electron chi connectivity index (χ4n) is 2.93. The van der Waals surface area contributed by atoms with Crippen molar-refractivity contribution in [2.24, 2.45) is 5.92 Å². The molecule has 0 fully saturated rings. The molecule has 1 N–H and O–H groups in total. The number of benzene rings is 1. The molecule has 1 aromatic carbocycles. The molecule has 1 amide bonds. The topological polar surface area (TPSA) is 67.5 Å². The Morgan fingerprint density at radius 3 is 2.84 bits per heavy atom. The predicted octanol–water partition coefficient (Wildman–Crippen LogP) is 3.03. The molecule has 2 heterocycles. The van der Waals surface area contributed by atoms with Crippen molar-refractivity contribution in [1.82, 2.24) is 15.1 Å². The van der Waals surface area contributed by atoms with Crippen LogP contribution >= 0.6 is 0 Å². The average Bonchev–Trinajstić information content (AvgIpc) is 3.29. The molecular weight excluding hydrogens is 318 g/mol. The highest BCUT2D eigenvalue weighted by Gasteiger charge is 2.29. The Hall–Kier alpha value is -2.76. The molecule has 1 aromatic heterocycles. The molecule has 25 heavy (non-hydrogen) atoms. The molecule has 1 unspecified atom stereocenters. The Balaban J connectivity index is 1.65. The van der Waals surface area contributed by atoms with Crippen molar-refractivity contribution in [2.45, 2.75) is 26.5 Å². The van der Waals surface area contributed by atoms with Gasteiger partial charge in [-0.25, -0.2) is 0 Å². The van der Waals surface area contributed by atoms with Gasteiger partial charge in [0.05, 0.1) is 18.8 Å². The number of methoxy groups -OCH3 is 1. The van der Waals surface area contributed by atoms with Gasteiger partial charge in [-0.3, -0.25) is 9.89 Å². The molecule has 1 atom stereocenters. The maximum absolute atomic E-state index is 12.7. The van der Waals surface area contributed by atoms with E-state index in [1.165, 1.54) is 0 Å². The van der Waals surface area contributed by atoms with E-state index in [2.05, 4.69) is 30.1 Å². The first-order valence-electron chi connectivity index (χ1n) is 8.38. The van der Waals surface area contributed by atoms with Gasteiger partial charge in [0.1, 0.15) is 6.61 Å². The van der Waals surface area contributed by atoms with E-state index < -0.39 is 0 Å². The molecule has 0 aliphatic carbocycles. The second-order valence-electron chi connectivity index (χ2n) is 6.34. The number of hydrogen-bond acceptors (Lipinski definition) is 4. The summed E-state index contributed by atoms with van der Waals surface area (Å²) >= 11 is 0. The van der Waals surface area contributed by atoms with Crippen LogP contribution in [-0.4, -0.2) is 40.7 Å². The van der Waals surface area contributed by atoms with Crippen LogP contribution in [0, 0.1) is 5.92 Å². The highest BCUT2D eigenvalue weighted by molar-refractivity contribution is 5.93. The monoisotopic (exact) mass is 341 g/mol. The summed E-state index contributed by atoms with van der Waals surface area (Å²) in [6.07, 6.45) is 4.11. The van der Waals surface area contributed by atoms with Crippen LogP contribution in [0.15, 0.2) is 42.5 Å². The van der Waals surface area contributed by atoms with Crippen LogP contribution in [0.2, 0.25) is 0 Å². The quantitative estimate of drug-likeness (QED) is 0.820. The van der Waals surface area contributed by atoms with E-state index in [0.29, 0.717) is 29.7 Å². The average molecular weight is 341 g/mol. The smallest absolute Gasteiger partial charge is 0.275 e. The third-order valence-corrected chi connectivity index (χ3v) is 4.24. The number of carbonyl (C=O) groups excluding carboxylic acids is 1. The lowest BCUT2D eigenvalue weighted by Gasteiger charge is -2.26. The third-order valence-electron chi connectivity index (χ3n) is 4.24. The molecule has 3 rings (SSSR count). The van der Waals surface area contributed by atoms with E-state index in [9.17, 15) is 4.79 Å². The number of hydrogen-bond donors (Lipinski definition) is 1. The first-order chi connectivity index (χ1) is 12.1. The molecule has 0 bridgehead atoms. The first kappa shape index (κ1) is 17.1. The van der Waals surface area contributed by atoms with Gasteiger partial charge in [-0.1, -0.05) is 38.1 Å². The van der Waals surface area contributed by atoms with Crippen LogP contribution in [0.4, 0.5) is 0 Å². The van der Waals surface area contributed by atoms with E-state index in [-0.39, 0.29) is 18.6 Å². The molecule has 0 saturated carbocycles. The van der Waals surface area contributed by atoms with E-state index in [4.69, 9.17) is 9.47 Å². The zero-order chi connectivity index (χ0) is 17.8. The Morgan fingerprint density at radius 2 is 2.12 bits per heavy atom. The maximum Gasteiger partial charge on any atom is 0.275 e. The summed E-state index contributed by atoms with van der Waals surface area (Å²) < 4.78 is 11.0. The van der Waals surface area contributed by atoms with Gasteiger partial charge < -0.3 is 14.4 Å². The minimum Gasteiger partial charge on any atom is -0.493 e. The standard InChI is InChI=1S/C19H23N3O3/c1-13(2)16-7-6-10-22(16)19(23)15-11-14(20-21-15)12-25-18-9-5-4-8-17(18)24-3/h4-9,11,13,16H,10,12H2,1-3H3,(H,20,21). The molecule has 1 aliphatic heterocycles. The summed E-state index contributed by atoms with van der Waals surface area (Å²) in [5.41, 5.74) is 1.15. The number of ether oxygens (including phenoxy) is 2. The third kappa shape index (κ3) is 3.68. The van der Waals surface area contributed by atoms with Gasteiger partial charge in [-0.05, 0) is 24.1 Å². The zero-order valence-electron chi connectivity index (χ0n) is 14.7. The molecule has 6 heteroatoms. The van der Waals surface area contributed by atoms with Crippen molar-refractivity contribution in [1.29, 1.82) is 0 Å². The Labute approximate surface area is 147 Å². The summed E-state index contributed by atoms with van der Waals surface area (Å²) in [6, 6.07) is 9.30. The number of aromatic nitrogens is 2. The van der Waals surface area contributed by atoms with Crippen molar-refractivity contribution in [3.63, 3.8) is 0 Å². The molecule has 0 saturated heterocycles. The summed E-state index contributed by atoms with van der Waals surface area (Å²) in [7, 11) is 1.60. The summed E-state index contributed by atoms with van der Waals surface area (Å²) in [5.74, 6) is 1.62. The number of rotatable bonds is 6. The minimum absolute atomic E-state index is 0.0662. The number of amides is 1. The van der Waals surface area contributed by atoms with E-state index in [1.807, 2.05) is 35.2 Å². The zero-order valence-corrected chi connectivity index (χ0v) is 14.7. The number of carbonyl (C=O) groups is 1. The largest absolute Gasteiger partial charge is 0.493 e. The molecule has 1 aliphatic rings. The predicted molar refractivity (Wildman–Crippen MR) is 94.7 cm³/mol. The molecule has 132 valence electrons. The number of nitrogens with one attached hydrogen (secondary N) is 1. The highest BCUT2D eigenvalue weighted by Crippen LogP contribution is 2.26. The van der Waals surface area contributed by atoms with Crippen molar-refractivity contribution in [3.05, 3.63) is 53.9 Å². The van der Waals surface area contributed by atoms with Crippen molar-refractivity contribution in [3.8, 4) is 11.5 Å². The molecular formula is C19H23N3O3. The molecule has 6 nitrogen and oxygen atoms in total. The van der Waals surface area contributed by atoms with Gasteiger partial charge in [0.15, 0.2) is 17.2 Å². The summed E-state index contributed by atoms with van der Waals surface area (Å²) in [6.45, 7) is 5.13.